The Labute approximate surface area is 167 Å². The summed E-state index contributed by atoms with van der Waals surface area (Å²) < 4.78 is 1.41. The molecular formula is C20H22ClN3O2S. The minimum atomic E-state index is -0.188. The minimum absolute atomic E-state index is 0.0116. The van der Waals surface area contributed by atoms with Crippen LogP contribution in [0.1, 0.15) is 26.7 Å². The fourth-order valence-electron chi connectivity index (χ4n) is 3.07. The van der Waals surface area contributed by atoms with Crippen molar-refractivity contribution in [3.8, 4) is 11.1 Å². The summed E-state index contributed by atoms with van der Waals surface area (Å²) in [4.78, 5) is 32.6. The monoisotopic (exact) mass is 403 g/mol. The van der Waals surface area contributed by atoms with Gasteiger partial charge in [0.15, 0.2) is 0 Å². The molecule has 1 amide bonds. The van der Waals surface area contributed by atoms with Crippen LogP contribution in [0.3, 0.4) is 0 Å². The normalized spacial score (nSPS) is 11.1. The molecule has 1 aromatic carbocycles. The van der Waals surface area contributed by atoms with Crippen LogP contribution in [0.5, 0.6) is 0 Å². The van der Waals surface area contributed by atoms with E-state index in [-0.39, 0.29) is 18.0 Å². The predicted octanol–water partition coefficient (Wildman–Crippen LogP) is 4.43. The van der Waals surface area contributed by atoms with E-state index in [0.717, 1.165) is 24.0 Å². The third kappa shape index (κ3) is 4.22. The highest BCUT2D eigenvalue weighted by atomic mass is 35.5. The smallest absolute Gasteiger partial charge is 0.263 e. The van der Waals surface area contributed by atoms with Crippen molar-refractivity contribution in [2.75, 3.05) is 13.1 Å². The van der Waals surface area contributed by atoms with Gasteiger partial charge in [0, 0.05) is 29.1 Å². The number of benzene rings is 1. The Kier molecular flexibility index (Phi) is 6.29. The van der Waals surface area contributed by atoms with Crippen LogP contribution >= 0.6 is 22.9 Å². The van der Waals surface area contributed by atoms with Crippen LogP contribution in [-0.4, -0.2) is 33.4 Å². The Morgan fingerprint density at radius 1 is 1.19 bits per heavy atom. The molecule has 3 rings (SSSR count). The summed E-state index contributed by atoms with van der Waals surface area (Å²) in [5, 5.41) is 3.12. The van der Waals surface area contributed by atoms with Crippen LogP contribution in [-0.2, 0) is 11.3 Å². The zero-order valence-electron chi connectivity index (χ0n) is 15.4. The van der Waals surface area contributed by atoms with E-state index in [4.69, 9.17) is 11.6 Å². The van der Waals surface area contributed by atoms with Crippen molar-refractivity contribution in [1.82, 2.24) is 14.5 Å². The number of rotatable bonds is 7. The van der Waals surface area contributed by atoms with Gasteiger partial charge in [0.1, 0.15) is 11.4 Å². The van der Waals surface area contributed by atoms with Gasteiger partial charge in [-0.2, -0.15) is 0 Å². The molecule has 0 N–H and O–H groups in total. The van der Waals surface area contributed by atoms with Crippen LogP contribution in [0, 0.1) is 0 Å². The van der Waals surface area contributed by atoms with Gasteiger partial charge in [-0.15, -0.1) is 11.3 Å². The van der Waals surface area contributed by atoms with Gasteiger partial charge in [-0.05, 0) is 30.5 Å². The highest BCUT2D eigenvalue weighted by Gasteiger charge is 2.17. The van der Waals surface area contributed by atoms with Crippen LogP contribution in [0.15, 0.2) is 40.8 Å². The van der Waals surface area contributed by atoms with E-state index in [0.29, 0.717) is 28.3 Å². The SMILES string of the molecule is CCCN(CCC)C(=O)Cn1cnc2scc(-c3ccc(Cl)cc3)c2c1=O. The average molecular weight is 404 g/mol. The molecule has 0 atom stereocenters. The second-order valence-corrected chi connectivity index (χ2v) is 7.69. The molecule has 2 aromatic heterocycles. The lowest BCUT2D eigenvalue weighted by atomic mass is 10.1. The average Bonchev–Trinajstić information content (AvgIpc) is 3.09. The zero-order valence-corrected chi connectivity index (χ0v) is 17.0. The molecule has 2 heterocycles. The quantitative estimate of drug-likeness (QED) is 0.586. The molecule has 27 heavy (non-hydrogen) atoms. The molecule has 0 aliphatic rings. The molecule has 0 saturated heterocycles. The fraction of sp³-hybridized carbons (Fsp3) is 0.350. The van der Waals surface area contributed by atoms with E-state index < -0.39 is 0 Å². The third-order valence-electron chi connectivity index (χ3n) is 4.36. The molecule has 0 saturated carbocycles. The maximum absolute atomic E-state index is 13.1. The van der Waals surface area contributed by atoms with Gasteiger partial charge in [-0.3, -0.25) is 14.2 Å². The first kappa shape index (κ1) is 19.6. The number of thiophene rings is 1. The Hall–Kier alpha value is -2.18. The van der Waals surface area contributed by atoms with Gasteiger partial charge in [-0.25, -0.2) is 4.98 Å². The third-order valence-corrected chi connectivity index (χ3v) is 5.50. The zero-order chi connectivity index (χ0) is 19.4. The van der Waals surface area contributed by atoms with Gasteiger partial charge in [0.25, 0.3) is 5.56 Å². The van der Waals surface area contributed by atoms with Crippen LogP contribution in [0.4, 0.5) is 0 Å². The van der Waals surface area contributed by atoms with Crippen molar-refractivity contribution in [1.29, 1.82) is 0 Å². The second-order valence-electron chi connectivity index (χ2n) is 6.39. The predicted molar refractivity (Wildman–Crippen MR) is 111 cm³/mol. The summed E-state index contributed by atoms with van der Waals surface area (Å²) in [6.45, 7) is 5.49. The van der Waals surface area contributed by atoms with Gasteiger partial charge in [0.2, 0.25) is 5.91 Å². The molecule has 0 aliphatic carbocycles. The second kappa shape index (κ2) is 8.67. The van der Waals surface area contributed by atoms with Crippen molar-refractivity contribution in [3.63, 3.8) is 0 Å². The van der Waals surface area contributed by atoms with Crippen molar-refractivity contribution >= 4 is 39.1 Å². The number of halogens is 1. The summed E-state index contributed by atoms with van der Waals surface area (Å²) in [6.07, 6.45) is 3.26. The summed E-state index contributed by atoms with van der Waals surface area (Å²) in [6, 6.07) is 7.37. The van der Waals surface area contributed by atoms with Crippen LogP contribution in [0.25, 0.3) is 21.3 Å². The molecule has 7 heteroatoms. The van der Waals surface area contributed by atoms with E-state index in [1.54, 1.807) is 12.1 Å². The number of aromatic nitrogens is 2. The summed E-state index contributed by atoms with van der Waals surface area (Å²) in [5.74, 6) is -0.0507. The molecule has 142 valence electrons. The molecule has 0 fully saturated rings. The van der Waals surface area contributed by atoms with Gasteiger partial charge in [0.05, 0.1) is 11.7 Å². The lowest BCUT2D eigenvalue weighted by Gasteiger charge is -2.21. The molecule has 0 unspecified atom stereocenters. The summed E-state index contributed by atoms with van der Waals surface area (Å²) >= 11 is 7.39. The molecule has 0 spiro atoms. The standard InChI is InChI=1S/C20H22ClN3O2S/c1-3-9-23(10-4-2)17(25)11-24-13-22-19-18(20(24)26)16(12-27-19)14-5-7-15(21)8-6-14/h5-8,12-13H,3-4,9-11H2,1-2H3. The minimum Gasteiger partial charge on any atom is -0.341 e. The maximum Gasteiger partial charge on any atom is 0.263 e. The molecule has 5 nitrogen and oxygen atoms in total. The van der Waals surface area contributed by atoms with Crippen LogP contribution < -0.4 is 5.56 Å². The number of amides is 1. The number of hydrogen-bond donors (Lipinski definition) is 0. The topological polar surface area (TPSA) is 55.2 Å². The number of hydrogen-bond acceptors (Lipinski definition) is 4. The van der Waals surface area contributed by atoms with E-state index in [9.17, 15) is 9.59 Å². The van der Waals surface area contributed by atoms with Crippen molar-refractivity contribution in [2.24, 2.45) is 0 Å². The van der Waals surface area contributed by atoms with E-state index in [2.05, 4.69) is 4.98 Å². The molecule has 0 radical (unpaired) electrons. The van der Waals surface area contributed by atoms with Gasteiger partial charge < -0.3 is 4.90 Å². The first-order chi connectivity index (χ1) is 13.0. The first-order valence-electron chi connectivity index (χ1n) is 9.05. The Morgan fingerprint density at radius 3 is 2.48 bits per heavy atom. The fourth-order valence-corrected chi connectivity index (χ4v) is 4.10. The molecule has 0 aliphatic heterocycles. The van der Waals surface area contributed by atoms with Crippen molar-refractivity contribution in [2.45, 2.75) is 33.2 Å². The number of nitrogens with zero attached hydrogens (tertiary/aromatic N) is 3. The van der Waals surface area contributed by atoms with Crippen molar-refractivity contribution < 1.29 is 4.79 Å². The molecule has 3 aromatic rings. The van der Waals surface area contributed by atoms with E-state index in [1.807, 2.05) is 36.3 Å². The maximum atomic E-state index is 13.1. The Balaban J connectivity index is 1.97. The largest absolute Gasteiger partial charge is 0.341 e. The highest BCUT2D eigenvalue weighted by molar-refractivity contribution is 7.17. The lowest BCUT2D eigenvalue weighted by Crippen LogP contribution is -2.37. The Morgan fingerprint density at radius 2 is 1.85 bits per heavy atom. The van der Waals surface area contributed by atoms with Crippen LogP contribution in [0.2, 0.25) is 5.02 Å². The number of carbonyl (C=O) groups is 1. The Bertz CT molecular complexity index is 989. The summed E-state index contributed by atoms with van der Waals surface area (Å²) in [7, 11) is 0. The number of carbonyl (C=O) groups excluding carboxylic acids is 1. The van der Waals surface area contributed by atoms with E-state index in [1.165, 1.54) is 22.2 Å². The lowest BCUT2D eigenvalue weighted by molar-refractivity contribution is -0.132. The molecular weight excluding hydrogens is 382 g/mol. The number of fused-ring (bicyclic) bond motifs is 1. The van der Waals surface area contributed by atoms with E-state index >= 15 is 0 Å². The van der Waals surface area contributed by atoms with Gasteiger partial charge in [-0.1, -0.05) is 37.6 Å². The highest BCUT2D eigenvalue weighted by Crippen LogP contribution is 2.31. The van der Waals surface area contributed by atoms with Crippen molar-refractivity contribution in [3.05, 3.63) is 51.3 Å². The van der Waals surface area contributed by atoms with Gasteiger partial charge >= 0.3 is 0 Å². The summed E-state index contributed by atoms with van der Waals surface area (Å²) in [5.41, 5.74) is 1.55. The molecule has 0 bridgehead atoms. The first-order valence-corrected chi connectivity index (χ1v) is 10.3.